The molecule has 0 fully saturated rings. The number of hydrogen-bond donors (Lipinski definition) is 4. The minimum absolute atomic E-state index is 0.701. The lowest BCUT2D eigenvalue weighted by molar-refractivity contribution is 0.0645. The fourth-order valence-corrected chi connectivity index (χ4v) is 1.87. The molecule has 0 radical (unpaired) electrons. The van der Waals surface area contributed by atoms with E-state index in [-0.39, 0.29) is 0 Å². The molecule has 0 aliphatic carbocycles. The number of carboxylic acid groups (broad SMARTS) is 2. The molecule has 0 aromatic heterocycles. The molecule has 4 N–H and O–H groups in total. The smallest absolute Gasteiger partial charge is 0.340 e. The number of hydrogen-bond acceptors (Lipinski definition) is 4. The van der Waals surface area contributed by atoms with Crippen LogP contribution in [0.2, 0.25) is 0 Å². The Balaban J connectivity index is 0.000000472. The first-order valence-corrected chi connectivity index (χ1v) is 7.38. The van der Waals surface area contributed by atoms with Gasteiger partial charge < -0.3 is 20.4 Å². The van der Waals surface area contributed by atoms with Gasteiger partial charge in [0.1, 0.15) is 22.6 Å². The summed E-state index contributed by atoms with van der Waals surface area (Å²) in [5, 5.41) is 35.3. The Morgan fingerprint density at radius 2 is 1.09 bits per heavy atom. The van der Waals surface area contributed by atoms with Crippen LogP contribution in [-0.2, 0) is 0 Å². The van der Waals surface area contributed by atoms with E-state index in [1.165, 1.54) is 38.5 Å². The van der Waals surface area contributed by atoms with E-state index in [4.69, 9.17) is 20.4 Å². The van der Waals surface area contributed by atoms with Crippen molar-refractivity contribution in [3.05, 3.63) is 23.3 Å². The van der Waals surface area contributed by atoms with Gasteiger partial charge in [0.15, 0.2) is 0 Å². The normalized spacial score (nSPS) is 9.73. The fourth-order valence-electron chi connectivity index (χ4n) is 1.87. The molecule has 0 saturated carbocycles. The topological polar surface area (TPSA) is 115 Å². The van der Waals surface area contributed by atoms with E-state index >= 15 is 0 Å². The highest BCUT2D eigenvalue weighted by Gasteiger charge is 2.23. The van der Waals surface area contributed by atoms with Crippen molar-refractivity contribution in [2.45, 2.75) is 52.4 Å². The monoisotopic (exact) mass is 312 g/mol. The molecule has 6 heteroatoms. The predicted molar refractivity (Wildman–Crippen MR) is 82.7 cm³/mol. The van der Waals surface area contributed by atoms with E-state index < -0.39 is 34.6 Å². The van der Waals surface area contributed by atoms with Gasteiger partial charge in [0.05, 0.1) is 0 Å². The van der Waals surface area contributed by atoms with Crippen LogP contribution >= 0.6 is 0 Å². The number of carbonyl (C=O) groups is 2. The van der Waals surface area contributed by atoms with Crippen LogP contribution in [-0.4, -0.2) is 32.4 Å². The number of carboxylic acids is 2. The molecule has 0 amide bonds. The molecule has 0 atom stereocenters. The van der Waals surface area contributed by atoms with E-state index in [2.05, 4.69) is 13.8 Å². The first-order chi connectivity index (χ1) is 10.4. The second-order valence-electron chi connectivity index (χ2n) is 4.88. The first-order valence-electron chi connectivity index (χ1n) is 7.38. The summed E-state index contributed by atoms with van der Waals surface area (Å²) < 4.78 is 0. The zero-order chi connectivity index (χ0) is 17.1. The number of aromatic hydroxyl groups is 2. The molecule has 0 heterocycles. The van der Waals surface area contributed by atoms with Gasteiger partial charge in [0.2, 0.25) is 0 Å². The van der Waals surface area contributed by atoms with Crippen molar-refractivity contribution in [1.82, 2.24) is 0 Å². The van der Waals surface area contributed by atoms with Crippen molar-refractivity contribution >= 4 is 11.9 Å². The zero-order valence-corrected chi connectivity index (χ0v) is 13.0. The van der Waals surface area contributed by atoms with Crippen molar-refractivity contribution in [1.29, 1.82) is 0 Å². The minimum Gasteiger partial charge on any atom is -0.507 e. The lowest BCUT2D eigenvalue weighted by Crippen LogP contribution is -2.08. The average molecular weight is 312 g/mol. The number of unbranched alkanes of at least 4 members (excludes halogenated alkanes) is 5. The fraction of sp³-hybridized carbons (Fsp3) is 0.500. The number of aromatic carboxylic acids is 2. The van der Waals surface area contributed by atoms with Gasteiger partial charge in [-0.25, -0.2) is 9.59 Å². The van der Waals surface area contributed by atoms with Crippen LogP contribution in [0.4, 0.5) is 0 Å². The summed E-state index contributed by atoms with van der Waals surface area (Å²) in [7, 11) is 0. The molecular weight excluding hydrogens is 288 g/mol. The third-order valence-electron chi connectivity index (χ3n) is 3.05. The Morgan fingerprint density at radius 1 is 0.773 bits per heavy atom. The van der Waals surface area contributed by atoms with E-state index in [9.17, 15) is 9.59 Å². The second-order valence-corrected chi connectivity index (χ2v) is 4.88. The van der Waals surface area contributed by atoms with Gasteiger partial charge in [-0.15, -0.1) is 0 Å². The molecule has 1 aromatic carbocycles. The van der Waals surface area contributed by atoms with E-state index in [0.717, 1.165) is 12.1 Å². The SMILES string of the molecule is CCCCCCCC.O=C(O)c1c(O)ccc(O)c1C(=O)O. The average Bonchev–Trinajstić information content (AvgIpc) is 2.46. The summed E-state index contributed by atoms with van der Waals surface area (Å²) in [6.07, 6.45) is 8.49. The lowest BCUT2D eigenvalue weighted by Gasteiger charge is -2.05. The van der Waals surface area contributed by atoms with Crippen molar-refractivity contribution in [3.8, 4) is 11.5 Å². The van der Waals surface area contributed by atoms with Gasteiger partial charge in [0.25, 0.3) is 0 Å². The van der Waals surface area contributed by atoms with E-state index in [1.54, 1.807) is 0 Å². The van der Waals surface area contributed by atoms with Gasteiger partial charge in [-0.2, -0.15) is 0 Å². The van der Waals surface area contributed by atoms with Crippen molar-refractivity contribution < 1.29 is 30.0 Å². The van der Waals surface area contributed by atoms with E-state index in [0.29, 0.717) is 0 Å². The van der Waals surface area contributed by atoms with Gasteiger partial charge in [0, 0.05) is 0 Å². The molecule has 0 unspecified atom stereocenters. The van der Waals surface area contributed by atoms with Crippen LogP contribution in [0, 0.1) is 0 Å². The third kappa shape index (κ3) is 6.47. The predicted octanol–water partition coefficient (Wildman–Crippen LogP) is 3.86. The molecule has 0 spiro atoms. The summed E-state index contributed by atoms with van der Waals surface area (Å²) in [6.45, 7) is 4.51. The van der Waals surface area contributed by atoms with Crippen LogP contribution in [0.15, 0.2) is 12.1 Å². The summed E-state index contributed by atoms with van der Waals surface area (Å²) in [6, 6.07) is 1.82. The molecule has 124 valence electrons. The minimum atomic E-state index is -1.62. The Hall–Kier alpha value is -2.24. The zero-order valence-electron chi connectivity index (χ0n) is 13.0. The first kappa shape index (κ1) is 19.8. The Morgan fingerprint density at radius 3 is 1.32 bits per heavy atom. The molecule has 0 bridgehead atoms. The number of rotatable bonds is 7. The van der Waals surface area contributed by atoms with Gasteiger partial charge >= 0.3 is 11.9 Å². The molecular formula is C16H24O6. The van der Waals surface area contributed by atoms with Crippen molar-refractivity contribution in [3.63, 3.8) is 0 Å². The van der Waals surface area contributed by atoms with Gasteiger partial charge in [-0.05, 0) is 12.1 Å². The number of benzene rings is 1. The highest BCUT2D eigenvalue weighted by atomic mass is 16.4. The highest BCUT2D eigenvalue weighted by Crippen LogP contribution is 2.28. The molecule has 6 nitrogen and oxygen atoms in total. The van der Waals surface area contributed by atoms with Crippen LogP contribution in [0.5, 0.6) is 11.5 Å². The number of phenols is 2. The van der Waals surface area contributed by atoms with Crippen LogP contribution in [0.1, 0.15) is 73.1 Å². The van der Waals surface area contributed by atoms with Crippen LogP contribution < -0.4 is 0 Å². The summed E-state index contributed by atoms with van der Waals surface area (Å²) in [4.78, 5) is 21.1. The maximum Gasteiger partial charge on any atom is 0.340 e. The Bertz CT molecular complexity index is 451. The quantitative estimate of drug-likeness (QED) is 0.449. The lowest BCUT2D eigenvalue weighted by atomic mass is 10.1. The maximum atomic E-state index is 10.6. The van der Waals surface area contributed by atoms with Crippen molar-refractivity contribution in [2.75, 3.05) is 0 Å². The third-order valence-corrected chi connectivity index (χ3v) is 3.05. The summed E-state index contributed by atoms with van der Waals surface area (Å²) in [5.74, 6) is -4.63. The maximum absolute atomic E-state index is 10.6. The Labute approximate surface area is 130 Å². The van der Waals surface area contributed by atoms with Crippen LogP contribution in [0.25, 0.3) is 0 Å². The molecule has 0 aliphatic rings. The molecule has 1 aromatic rings. The van der Waals surface area contributed by atoms with Crippen LogP contribution in [0.3, 0.4) is 0 Å². The second kappa shape index (κ2) is 10.5. The largest absolute Gasteiger partial charge is 0.507 e. The molecule has 22 heavy (non-hydrogen) atoms. The van der Waals surface area contributed by atoms with Gasteiger partial charge in [-0.1, -0.05) is 52.4 Å². The molecule has 0 saturated heterocycles. The van der Waals surface area contributed by atoms with E-state index in [1.807, 2.05) is 0 Å². The van der Waals surface area contributed by atoms with Gasteiger partial charge in [-0.3, -0.25) is 0 Å². The molecule has 0 aliphatic heterocycles. The highest BCUT2D eigenvalue weighted by molar-refractivity contribution is 6.05. The summed E-state index contributed by atoms with van der Waals surface area (Å²) >= 11 is 0. The Kier molecular flexibility index (Phi) is 9.41. The summed E-state index contributed by atoms with van der Waals surface area (Å²) in [5.41, 5.74) is -1.64. The van der Waals surface area contributed by atoms with Crippen molar-refractivity contribution in [2.24, 2.45) is 0 Å². The molecule has 1 rings (SSSR count). The standard InChI is InChI=1S/C8H6O6.C8H18/c9-3-1-2-4(10)6(8(13)14)5(3)7(11)12;1-3-5-7-8-6-4-2/h1-2,9-10H,(H,11,12)(H,13,14);3-8H2,1-2H3.